The van der Waals surface area contributed by atoms with Gasteiger partial charge in [0, 0.05) is 0 Å². The van der Waals surface area contributed by atoms with Crippen molar-refractivity contribution in [3.8, 4) is 0 Å². The quantitative estimate of drug-likeness (QED) is 0.187. The summed E-state index contributed by atoms with van der Waals surface area (Å²) in [5.41, 5.74) is 0. The van der Waals surface area contributed by atoms with Gasteiger partial charge >= 0.3 is 29.6 Å². The van der Waals surface area contributed by atoms with E-state index in [1.165, 1.54) is 103 Å². The molecule has 20 heavy (non-hydrogen) atoms. The molecule has 0 aliphatic rings. The van der Waals surface area contributed by atoms with E-state index in [2.05, 4.69) is 19.6 Å². The van der Waals surface area contributed by atoms with Gasteiger partial charge in [-0.15, -0.1) is 0 Å². The molecular weight excluding hydrogens is 271 g/mol. The van der Waals surface area contributed by atoms with Crippen LogP contribution in [0.15, 0.2) is 0 Å². The normalized spacial score (nSPS) is 10.5. The van der Waals surface area contributed by atoms with Gasteiger partial charge in [0.15, 0.2) is 0 Å². The Labute approximate surface area is 157 Å². The second-order valence-corrected chi connectivity index (χ2v) is 6.47. The maximum atomic E-state index is 4.24. The summed E-state index contributed by atoms with van der Waals surface area (Å²) in [6.07, 6.45) is 23.1. The average molecular weight is 311 g/mol. The minimum atomic E-state index is 0. The fourth-order valence-corrected chi connectivity index (χ4v) is 2.88. The molecule has 0 spiro atoms. The van der Waals surface area contributed by atoms with Crippen molar-refractivity contribution in [3.05, 3.63) is 0 Å². The summed E-state index contributed by atoms with van der Waals surface area (Å²) in [5.74, 6) is 1.07. The predicted molar refractivity (Wildman–Crippen MR) is 101 cm³/mol. The van der Waals surface area contributed by atoms with Gasteiger partial charge in [0.25, 0.3) is 0 Å². The first-order valence-electron chi connectivity index (χ1n) is 9.02. The van der Waals surface area contributed by atoms with E-state index in [4.69, 9.17) is 0 Å². The topological polar surface area (TPSA) is 0 Å². The van der Waals surface area contributed by atoms with Crippen LogP contribution in [0.1, 0.15) is 110 Å². The van der Waals surface area contributed by atoms with Crippen molar-refractivity contribution in [2.24, 2.45) is 0 Å². The maximum absolute atomic E-state index is 4.24. The summed E-state index contributed by atoms with van der Waals surface area (Å²) in [6.45, 7) is 2.29. The van der Waals surface area contributed by atoms with Gasteiger partial charge in [-0.1, -0.05) is 103 Å². The van der Waals surface area contributed by atoms with E-state index in [9.17, 15) is 0 Å². The van der Waals surface area contributed by atoms with Crippen LogP contribution in [0.25, 0.3) is 0 Å². The third-order valence-electron chi connectivity index (χ3n) is 4.01. The zero-order chi connectivity index (χ0) is 14.0. The van der Waals surface area contributed by atoms with Gasteiger partial charge in [0.2, 0.25) is 0 Å². The van der Waals surface area contributed by atoms with Crippen LogP contribution < -0.4 is 0 Å². The second kappa shape index (κ2) is 22.6. The van der Waals surface area contributed by atoms with Crippen molar-refractivity contribution in [1.82, 2.24) is 0 Å². The summed E-state index contributed by atoms with van der Waals surface area (Å²) >= 11 is 4.24. The summed E-state index contributed by atoms with van der Waals surface area (Å²) in [7, 11) is 0. The van der Waals surface area contributed by atoms with Crippen LogP contribution in [-0.2, 0) is 0 Å². The Hall–Kier alpha value is 1.35. The molecule has 0 aromatic carbocycles. The number of hydrogen-bond donors (Lipinski definition) is 1. The van der Waals surface area contributed by atoms with E-state index in [1.54, 1.807) is 0 Å². The first-order valence-corrected chi connectivity index (χ1v) is 9.66. The van der Waals surface area contributed by atoms with Crippen LogP contribution in [0.3, 0.4) is 0 Å². The van der Waals surface area contributed by atoms with Crippen molar-refractivity contribution in [2.45, 2.75) is 110 Å². The van der Waals surface area contributed by atoms with E-state index < -0.39 is 0 Å². The Bertz CT molecular complexity index is 134. The first-order chi connectivity index (χ1) is 9.41. The van der Waals surface area contributed by atoms with Gasteiger partial charge in [-0.05, 0) is 12.2 Å². The van der Waals surface area contributed by atoms with Crippen LogP contribution in [0.5, 0.6) is 0 Å². The van der Waals surface area contributed by atoms with E-state index in [0.717, 1.165) is 5.75 Å². The molecular formula is C18H39NaS. The van der Waals surface area contributed by atoms with E-state index in [-0.39, 0.29) is 29.6 Å². The minimum absolute atomic E-state index is 0. The van der Waals surface area contributed by atoms with Gasteiger partial charge in [-0.3, -0.25) is 0 Å². The molecule has 0 atom stereocenters. The molecule has 0 fully saturated rings. The van der Waals surface area contributed by atoms with Crippen molar-refractivity contribution in [2.75, 3.05) is 5.75 Å². The molecule has 0 aromatic heterocycles. The van der Waals surface area contributed by atoms with Gasteiger partial charge in [-0.2, -0.15) is 12.6 Å². The molecule has 0 radical (unpaired) electrons. The van der Waals surface area contributed by atoms with Crippen LogP contribution in [0, 0.1) is 0 Å². The molecule has 0 aromatic rings. The zero-order valence-electron chi connectivity index (χ0n) is 13.5. The van der Waals surface area contributed by atoms with Gasteiger partial charge in [-0.25, -0.2) is 0 Å². The molecule has 118 valence electrons. The molecule has 0 aliphatic carbocycles. The molecule has 0 saturated carbocycles. The molecule has 0 heterocycles. The van der Waals surface area contributed by atoms with Crippen molar-refractivity contribution in [1.29, 1.82) is 0 Å². The molecule has 0 nitrogen and oxygen atoms in total. The summed E-state index contributed by atoms with van der Waals surface area (Å²) < 4.78 is 0. The number of thiol groups is 1. The Kier molecular flexibility index (Phi) is 26.7. The van der Waals surface area contributed by atoms with Crippen molar-refractivity contribution < 1.29 is 0 Å². The average Bonchev–Trinajstić information content (AvgIpc) is 2.43. The Morgan fingerprint density at radius 1 is 0.450 bits per heavy atom. The predicted octanol–water partition coefficient (Wildman–Crippen LogP) is 6.53. The van der Waals surface area contributed by atoms with Crippen LogP contribution in [0.4, 0.5) is 0 Å². The zero-order valence-corrected chi connectivity index (χ0v) is 14.4. The number of unbranched alkanes of at least 4 members (excludes halogenated alkanes) is 15. The fraction of sp³-hybridized carbons (Fsp3) is 1.00. The molecule has 2 heteroatoms. The van der Waals surface area contributed by atoms with E-state index in [0.29, 0.717) is 0 Å². The molecule has 0 rings (SSSR count). The summed E-state index contributed by atoms with van der Waals surface area (Å²) in [5, 5.41) is 0. The van der Waals surface area contributed by atoms with Crippen LogP contribution in [0.2, 0.25) is 0 Å². The third kappa shape index (κ3) is 21.6. The fourth-order valence-electron chi connectivity index (χ4n) is 2.66. The molecule has 0 amide bonds. The second-order valence-electron chi connectivity index (χ2n) is 6.03. The molecule has 0 N–H and O–H groups in total. The third-order valence-corrected chi connectivity index (χ3v) is 4.33. The van der Waals surface area contributed by atoms with Gasteiger partial charge in [0.05, 0.1) is 0 Å². The van der Waals surface area contributed by atoms with E-state index in [1.807, 2.05) is 0 Å². The van der Waals surface area contributed by atoms with Crippen molar-refractivity contribution >= 4 is 42.2 Å². The number of hydrogen-bond acceptors (Lipinski definition) is 1. The Morgan fingerprint density at radius 2 is 0.700 bits per heavy atom. The Morgan fingerprint density at radius 3 is 0.950 bits per heavy atom. The SMILES string of the molecule is CCCCCCCCCCCCCCCCCCS.[NaH]. The summed E-state index contributed by atoms with van der Waals surface area (Å²) in [6, 6.07) is 0. The monoisotopic (exact) mass is 310 g/mol. The van der Waals surface area contributed by atoms with Gasteiger partial charge < -0.3 is 0 Å². The molecule has 0 bridgehead atoms. The van der Waals surface area contributed by atoms with E-state index >= 15 is 0 Å². The van der Waals surface area contributed by atoms with Crippen molar-refractivity contribution in [3.63, 3.8) is 0 Å². The summed E-state index contributed by atoms with van der Waals surface area (Å²) in [4.78, 5) is 0. The van der Waals surface area contributed by atoms with Gasteiger partial charge in [0.1, 0.15) is 0 Å². The standard InChI is InChI=1S/C18H38S.Na.H/c1-2-3-4-5-6-7-8-9-10-11-12-13-14-15-16-17-18-19;;/h19H,2-18H2,1H3;;. The Balaban J connectivity index is 0. The molecule has 0 unspecified atom stereocenters. The van der Waals surface area contributed by atoms with Crippen LogP contribution in [-0.4, -0.2) is 35.3 Å². The van der Waals surface area contributed by atoms with Crippen LogP contribution >= 0.6 is 12.6 Å². The number of rotatable bonds is 16. The molecule has 0 saturated heterocycles. The molecule has 0 aliphatic heterocycles. The first kappa shape index (κ1) is 23.6.